The highest BCUT2D eigenvalue weighted by Gasteiger charge is 2.43. The van der Waals surface area contributed by atoms with E-state index in [1.165, 1.54) is 18.2 Å². The van der Waals surface area contributed by atoms with Gasteiger partial charge in [0, 0.05) is 22.8 Å². The number of amides is 2. The lowest BCUT2D eigenvalue weighted by molar-refractivity contribution is -0.138. The molecule has 146 valence electrons. The second-order valence-electron chi connectivity index (χ2n) is 6.57. The molecule has 0 spiro atoms. The van der Waals surface area contributed by atoms with E-state index in [1.807, 2.05) is 30.3 Å². The Morgan fingerprint density at radius 2 is 1.89 bits per heavy atom. The maximum Gasteiger partial charge on any atom is 0.411 e. The summed E-state index contributed by atoms with van der Waals surface area (Å²) in [4.78, 5) is 35.1. The summed E-state index contributed by atoms with van der Waals surface area (Å²) in [5, 5.41) is 14.4. The Morgan fingerprint density at radius 1 is 1.14 bits per heavy atom. The molecule has 0 radical (unpaired) electrons. The summed E-state index contributed by atoms with van der Waals surface area (Å²) in [6.45, 7) is 0.400. The van der Waals surface area contributed by atoms with Crippen molar-refractivity contribution < 1.29 is 24.2 Å². The van der Waals surface area contributed by atoms with Gasteiger partial charge in [-0.2, -0.15) is 0 Å². The van der Waals surface area contributed by atoms with Crippen molar-refractivity contribution in [3.05, 3.63) is 64.7 Å². The number of aliphatic carboxylic acids is 1. The number of anilines is 1. The molecular weight excluding hydrogens is 384 g/mol. The van der Waals surface area contributed by atoms with Gasteiger partial charge in [0.25, 0.3) is 5.91 Å². The quantitative estimate of drug-likeness (QED) is 0.657. The Hall–Kier alpha value is -3.06. The zero-order chi connectivity index (χ0) is 20.1. The molecular formula is C20H19ClN2O5. The molecule has 1 saturated carbocycles. The molecule has 0 heterocycles. The van der Waals surface area contributed by atoms with Crippen molar-refractivity contribution in [3.8, 4) is 0 Å². The molecule has 0 aliphatic heterocycles. The van der Waals surface area contributed by atoms with Gasteiger partial charge in [-0.1, -0.05) is 41.9 Å². The highest BCUT2D eigenvalue weighted by molar-refractivity contribution is 6.31. The van der Waals surface area contributed by atoms with Gasteiger partial charge in [0.15, 0.2) is 0 Å². The number of carbonyl (C=O) groups excluding carboxylic acids is 2. The Kier molecular flexibility index (Phi) is 6.16. The third-order valence-electron chi connectivity index (χ3n) is 4.38. The van der Waals surface area contributed by atoms with E-state index >= 15 is 0 Å². The van der Waals surface area contributed by atoms with Crippen LogP contribution < -0.4 is 10.6 Å². The van der Waals surface area contributed by atoms with Gasteiger partial charge in [0.1, 0.15) is 6.61 Å². The number of hydrogen-bond donors (Lipinski definition) is 3. The fourth-order valence-corrected chi connectivity index (χ4v) is 3.01. The molecule has 0 aromatic heterocycles. The van der Waals surface area contributed by atoms with E-state index in [0.717, 1.165) is 5.56 Å². The molecule has 3 N–H and O–H groups in total. The van der Waals surface area contributed by atoms with Crippen molar-refractivity contribution in [2.75, 3.05) is 11.9 Å². The summed E-state index contributed by atoms with van der Waals surface area (Å²) in [6, 6.07) is 13.7. The van der Waals surface area contributed by atoms with Gasteiger partial charge in [0.2, 0.25) is 0 Å². The molecule has 2 atom stereocenters. The summed E-state index contributed by atoms with van der Waals surface area (Å²) in [7, 11) is 0. The maximum absolute atomic E-state index is 12.3. The van der Waals surface area contributed by atoms with Crippen LogP contribution >= 0.6 is 11.6 Å². The van der Waals surface area contributed by atoms with Crippen LogP contribution in [0.4, 0.5) is 10.5 Å². The zero-order valence-electron chi connectivity index (χ0n) is 14.9. The lowest BCUT2D eigenvalue weighted by atomic mass is 10.2. The Labute approximate surface area is 166 Å². The van der Waals surface area contributed by atoms with Gasteiger partial charge in [-0.05, 0) is 36.1 Å². The maximum atomic E-state index is 12.3. The molecule has 0 bridgehead atoms. The Morgan fingerprint density at radius 3 is 2.57 bits per heavy atom. The van der Waals surface area contributed by atoms with Crippen LogP contribution in [0.2, 0.25) is 5.02 Å². The van der Waals surface area contributed by atoms with E-state index in [1.54, 1.807) is 0 Å². The standard InChI is InChI=1S/C20H19ClN2O5/c21-15-6-13(18(24)22-10-14-8-17(14)19(25)26)7-16(9-15)23-20(27)28-11-12-4-2-1-3-5-12/h1-7,9,14,17H,8,10-11H2,(H,22,24)(H,23,27)(H,25,26)/t14-,17+/m1/s1. The third kappa shape index (κ3) is 5.47. The summed E-state index contributed by atoms with van der Waals surface area (Å²) in [5.74, 6) is -1.68. The molecule has 28 heavy (non-hydrogen) atoms. The summed E-state index contributed by atoms with van der Waals surface area (Å²) in [5.41, 5.74) is 1.44. The van der Waals surface area contributed by atoms with Crippen LogP contribution in [0, 0.1) is 11.8 Å². The highest BCUT2D eigenvalue weighted by atomic mass is 35.5. The molecule has 2 aromatic rings. The third-order valence-corrected chi connectivity index (χ3v) is 4.60. The lowest BCUT2D eigenvalue weighted by Gasteiger charge is -2.10. The number of nitrogens with one attached hydrogen (secondary N) is 2. The first-order chi connectivity index (χ1) is 13.4. The lowest BCUT2D eigenvalue weighted by Crippen LogP contribution is -2.26. The monoisotopic (exact) mass is 402 g/mol. The number of carbonyl (C=O) groups is 3. The largest absolute Gasteiger partial charge is 0.481 e. The van der Waals surface area contributed by atoms with Crippen molar-refractivity contribution in [3.63, 3.8) is 0 Å². The van der Waals surface area contributed by atoms with Crippen LogP contribution in [0.1, 0.15) is 22.3 Å². The number of rotatable bonds is 7. The number of hydrogen-bond acceptors (Lipinski definition) is 4. The molecule has 1 aliphatic rings. The van der Waals surface area contributed by atoms with Crippen LogP contribution in [0.25, 0.3) is 0 Å². The zero-order valence-corrected chi connectivity index (χ0v) is 15.6. The minimum atomic E-state index is -0.845. The van der Waals surface area contributed by atoms with E-state index in [-0.39, 0.29) is 35.6 Å². The Balaban J connectivity index is 1.54. The molecule has 0 unspecified atom stereocenters. The van der Waals surface area contributed by atoms with Gasteiger partial charge in [0.05, 0.1) is 5.92 Å². The van der Waals surface area contributed by atoms with Crippen LogP contribution in [-0.2, 0) is 16.1 Å². The second-order valence-corrected chi connectivity index (χ2v) is 7.00. The van der Waals surface area contributed by atoms with E-state index in [9.17, 15) is 14.4 Å². The number of halogens is 1. The van der Waals surface area contributed by atoms with Crippen molar-refractivity contribution in [1.29, 1.82) is 0 Å². The fraction of sp³-hybridized carbons (Fsp3) is 0.250. The molecule has 2 aromatic carbocycles. The molecule has 0 saturated heterocycles. The number of ether oxygens (including phenoxy) is 1. The summed E-state index contributed by atoms with van der Waals surface area (Å²) < 4.78 is 5.14. The van der Waals surface area contributed by atoms with Gasteiger partial charge in [-0.15, -0.1) is 0 Å². The number of carboxylic acid groups (broad SMARTS) is 1. The first kappa shape index (κ1) is 19.7. The van der Waals surface area contributed by atoms with Crippen molar-refractivity contribution in [1.82, 2.24) is 5.32 Å². The van der Waals surface area contributed by atoms with Gasteiger partial charge < -0.3 is 15.2 Å². The Bertz CT molecular complexity index is 887. The van der Waals surface area contributed by atoms with Gasteiger partial charge in [-0.3, -0.25) is 14.9 Å². The first-order valence-corrected chi connectivity index (χ1v) is 9.09. The molecule has 2 amide bonds. The normalized spacial score (nSPS) is 17.5. The van der Waals surface area contributed by atoms with Gasteiger partial charge >= 0.3 is 12.1 Å². The number of carboxylic acids is 1. The molecule has 8 heteroatoms. The average molecular weight is 403 g/mol. The molecule has 1 aliphatic carbocycles. The van der Waals surface area contributed by atoms with Crippen molar-refractivity contribution >= 4 is 35.3 Å². The summed E-state index contributed by atoms with van der Waals surface area (Å²) >= 11 is 6.04. The topological polar surface area (TPSA) is 105 Å². The van der Waals surface area contributed by atoms with Crippen LogP contribution in [0.15, 0.2) is 48.5 Å². The highest BCUT2D eigenvalue weighted by Crippen LogP contribution is 2.37. The predicted octanol–water partition coefficient (Wildman–Crippen LogP) is 3.54. The minimum absolute atomic E-state index is 0.0498. The molecule has 3 rings (SSSR count). The van der Waals surface area contributed by atoms with E-state index in [0.29, 0.717) is 12.1 Å². The van der Waals surface area contributed by atoms with Crippen LogP contribution in [-0.4, -0.2) is 29.6 Å². The van der Waals surface area contributed by atoms with E-state index in [2.05, 4.69) is 10.6 Å². The summed E-state index contributed by atoms with van der Waals surface area (Å²) in [6.07, 6.45) is -0.106. The van der Waals surface area contributed by atoms with Crippen LogP contribution in [0.5, 0.6) is 0 Å². The molecule has 7 nitrogen and oxygen atoms in total. The first-order valence-electron chi connectivity index (χ1n) is 8.71. The SMILES string of the molecule is O=C(Nc1cc(Cl)cc(C(=O)NC[C@H]2C[C@@H]2C(=O)O)c1)OCc1ccccc1. The van der Waals surface area contributed by atoms with Crippen LogP contribution in [0.3, 0.4) is 0 Å². The fourth-order valence-electron chi connectivity index (χ4n) is 2.77. The smallest absolute Gasteiger partial charge is 0.411 e. The predicted molar refractivity (Wildman–Crippen MR) is 103 cm³/mol. The average Bonchev–Trinajstić information content (AvgIpc) is 3.45. The van der Waals surface area contributed by atoms with Gasteiger partial charge in [-0.25, -0.2) is 4.79 Å². The van der Waals surface area contributed by atoms with E-state index < -0.39 is 18.0 Å². The minimum Gasteiger partial charge on any atom is -0.481 e. The van der Waals surface area contributed by atoms with Crippen molar-refractivity contribution in [2.45, 2.75) is 13.0 Å². The number of benzene rings is 2. The second kappa shape index (κ2) is 8.75. The van der Waals surface area contributed by atoms with E-state index in [4.69, 9.17) is 21.4 Å². The molecule has 1 fully saturated rings. The van der Waals surface area contributed by atoms with Crippen molar-refractivity contribution in [2.24, 2.45) is 11.8 Å².